The van der Waals surface area contributed by atoms with Gasteiger partial charge in [-0.3, -0.25) is 9.59 Å². The summed E-state index contributed by atoms with van der Waals surface area (Å²) < 4.78 is 0. The molecule has 21 heavy (non-hydrogen) atoms. The average molecular weight is 288 g/mol. The fraction of sp³-hybridized carbons (Fsp3) is 0.400. The Hall–Kier alpha value is -2.37. The molecule has 0 aliphatic heterocycles. The second-order valence-electron chi connectivity index (χ2n) is 4.88. The van der Waals surface area contributed by atoms with Gasteiger partial charge in [-0.1, -0.05) is 12.1 Å². The molecule has 1 unspecified atom stereocenters. The number of H-pyrrole nitrogens is 1. The van der Waals surface area contributed by atoms with Gasteiger partial charge in [0.05, 0.1) is 11.0 Å². The zero-order valence-corrected chi connectivity index (χ0v) is 12.3. The average Bonchev–Trinajstić information content (AvgIpc) is 2.88. The first-order valence-electron chi connectivity index (χ1n) is 7.11. The van der Waals surface area contributed by atoms with Crippen molar-refractivity contribution in [2.75, 3.05) is 6.54 Å². The third-order valence-corrected chi connectivity index (χ3v) is 3.15. The number of aromatic nitrogens is 2. The van der Waals surface area contributed by atoms with Gasteiger partial charge in [0.15, 0.2) is 0 Å². The van der Waals surface area contributed by atoms with Crippen molar-refractivity contribution in [3.63, 3.8) is 0 Å². The summed E-state index contributed by atoms with van der Waals surface area (Å²) in [6.45, 7) is 4.07. The predicted molar refractivity (Wildman–Crippen MR) is 80.7 cm³/mol. The largest absolute Gasteiger partial charge is 0.355 e. The van der Waals surface area contributed by atoms with Crippen LogP contribution < -0.4 is 10.6 Å². The molecule has 6 nitrogen and oxygen atoms in total. The number of para-hydroxylation sites is 2. The summed E-state index contributed by atoms with van der Waals surface area (Å²) in [5.74, 6) is 0.445. The molecule has 112 valence electrons. The van der Waals surface area contributed by atoms with Crippen molar-refractivity contribution >= 4 is 22.8 Å². The Bertz CT molecular complexity index is 602. The third-order valence-electron chi connectivity index (χ3n) is 3.15. The van der Waals surface area contributed by atoms with Gasteiger partial charge in [0.2, 0.25) is 11.8 Å². The van der Waals surface area contributed by atoms with Crippen molar-refractivity contribution in [1.29, 1.82) is 0 Å². The molecule has 2 rings (SSSR count). The molecule has 6 heteroatoms. The number of rotatable bonds is 6. The number of nitrogens with one attached hydrogen (secondary N) is 3. The molecular weight excluding hydrogens is 268 g/mol. The van der Waals surface area contributed by atoms with Crippen molar-refractivity contribution in [3.8, 4) is 0 Å². The quantitative estimate of drug-likeness (QED) is 0.745. The highest BCUT2D eigenvalue weighted by Crippen LogP contribution is 2.11. The summed E-state index contributed by atoms with van der Waals surface area (Å²) >= 11 is 0. The topological polar surface area (TPSA) is 86.9 Å². The second-order valence-corrected chi connectivity index (χ2v) is 4.88. The molecule has 1 atom stereocenters. The normalized spacial score (nSPS) is 12.1. The highest BCUT2D eigenvalue weighted by molar-refractivity contribution is 5.87. The fourth-order valence-corrected chi connectivity index (χ4v) is 2.06. The minimum Gasteiger partial charge on any atom is -0.355 e. The number of likely N-dealkylation sites (N-methyl/N-ethyl adjacent to an activating group) is 1. The number of nitrogens with zero attached hydrogens (tertiary/aromatic N) is 1. The van der Waals surface area contributed by atoms with Crippen LogP contribution >= 0.6 is 0 Å². The molecule has 2 aromatic rings. The molecule has 0 saturated carbocycles. The summed E-state index contributed by atoms with van der Waals surface area (Å²) in [5, 5.41) is 5.35. The van der Waals surface area contributed by atoms with Crippen LogP contribution in [0.25, 0.3) is 11.0 Å². The number of aryl methyl sites for hydroxylation is 1. The van der Waals surface area contributed by atoms with Gasteiger partial charge in [-0.15, -0.1) is 0 Å². The van der Waals surface area contributed by atoms with Gasteiger partial charge in [0.25, 0.3) is 0 Å². The van der Waals surface area contributed by atoms with Crippen LogP contribution in [0.5, 0.6) is 0 Å². The van der Waals surface area contributed by atoms with Crippen molar-refractivity contribution in [2.24, 2.45) is 0 Å². The Morgan fingerprint density at radius 3 is 2.81 bits per heavy atom. The number of hydrogen-bond acceptors (Lipinski definition) is 3. The van der Waals surface area contributed by atoms with Crippen molar-refractivity contribution in [3.05, 3.63) is 30.1 Å². The molecule has 0 saturated heterocycles. The summed E-state index contributed by atoms with van der Waals surface area (Å²) in [5.41, 5.74) is 1.85. The van der Waals surface area contributed by atoms with Gasteiger partial charge in [0, 0.05) is 19.4 Å². The van der Waals surface area contributed by atoms with E-state index in [2.05, 4.69) is 20.6 Å². The van der Waals surface area contributed by atoms with Crippen molar-refractivity contribution in [2.45, 2.75) is 32.7 Å². The third kappa shape index (κ3) is 4.05. The SMILES string of the molecule is CCNC(=O)C(C)NC(=O)CCc1nc2ccccc2[nH]1. The minimum absolute atomic E-state index is 0.158. The lowest BCUT2D eigenvalue weighted by Gasteiger charge is -2.12. The molecule has 2 amide bonds. The summed E-state index contributed by atoms with van der Waals surface area (Å²) in [4.78, 5) is 30.9. The van der Waals surface area contributed by atoms with Crippen LogP contribution in [0.4, 0.5) is 0 Å². The van der Waals surface area contributed by atoms with Crippen LogP contribution in [0.3, 0.4) is 0 Å². The molecule has 1 heterocycles. The summed E-state index contributed by atoms with van der Waals surface area (Å²) in [6.07, 6.45) is 0.812. The van der Waals surface area contributed by atoms with Gasteiger partial charge in [-0.25, -0.2) is 4.98 Å². The van der Waals surface area contributed by atoms with E-state index in [0.717, 1.165) is 16.9 Å². The zero-order chi connectivity index (χ0) is 15.2. The van der Waals surface area contributed by atoms with E-state index in [1.807, 2.05) is 31.2 Å². The van der Waals surface area contributed by atoms with Crippen LogP contribution in [-0.2, 0) is 16.0 Å². The van der Waals surface area contributed by atoms with Crippen LogP contribution in [0.2, 0.25) is 0 Å². The number of benzene rings is 1. The Kier molecular flexibility index (Phi) is 4.92. The van der Waals surface area contributed by atoms with E-state index in [1.54, 1.807) is 6.92 Å². The van der Waals surface area contributed by atoms with Crippen molar-refractivity contribution in [1.82, 2.24) is 20.6 Å². The standard InChI is InChI=1S/C15H20N4O2/c1-3-16-15(21)10(2)17-14(20)9-8-13-18-11-6-4-5-7-12(11)19-13/h4-7,10H,3,8-9H2,1-2H3,(H,16,21)(H,17,20)(H,18,19). The number of amides is 2. The van der Waals surface area contributed by atoms with Crippen molar-refractivity contribution < 1.29 is 9.59 Å². The zero-order valence-electron chi connectivity index (χ0n) is 12.3. The highest BCUT2D eigenvalue weighted by Gasteiger charge is 2.14. The molecule has 0 spiro atoms. The maximum absolute atomic E-state index is 11.8. The first-order valence-corrected chi connectivity index (χ1v) is 7.11. The van der Waals surface area contributed by atoms with E-state index >= 15 is 0 Å². The molecule has 0 fully saturated rings. The lowest BCUT2D eigenvalue weighted by atomic mass is 10.2. The Balaban J connectivity index is 1.84. The Labute approximate surface area is 123 Å². The second kappa shape index (κ2) is 6.88. The summed E-state index contributed by atoms with van der Waals surface area (Å²) in [6, 6.07) is 7.21. The Morgan fingerprint density at radius 1 is 1.33 bits per heavy atom. The van der Waals surface area contributed by atoms with E-state index in [4.69, 9.17) is 0 Å². The number of hydrogen-bond donors (Lipinski definition) is 3. The van der Waals surface area contributed by atoms with Gasteiger partial charge >= 0.3 is 0 Å². The van der Waals surface area contributed by atoms with E-state index in [-0.39, 0.29) is 11.8 Å². The van der Waals surface area contributed by atoms with E-state index in [1.165, 1.54) is 0 Å². The molecule has 0 bridgehead atoms. The molecule has 0 aliphatic rings. The first-order chi connectivity index (χ1) is 10.1. The lowest BCUT2D eigenvalue weighted by molar-refractivity contribution is -0.128. The number of carbonyl (C=O) groups excluding carboxylic acids is 2. The summed E-state index contributed by atoms with van der Waals surface area (Å²) in [7, 11) is 0. The molecule has 1 aromatic heterocycles. The van der Waals surface area contributed by atoms with Crippen LogP contribution in [0, 0.1) is 0 Å². The van der Waals surface area contributed by atoms with Gasteiger partial charge in [-0.05, 0) is 26.0 Å². The first kappa shape index (κ1) is 15.0. The van der Waals surface area contributed by atoms with Gasteiger partial charge < -0.3 is 15.6 Å². The lowest BCUT2D eigenvalue weighted by Crippen LogP contribution is -2.44. The number of aromatic amines is 1. The van der Waals surface area contributed by atoms with Crippen LogP contribution in [0.1, 0.15) is 26.1 Å². The molecule has 0 aliphatic carbocycles. The minimum atomic E-state index is -0.520. The number of fused-ring (bicyclic) bond motifs is 1. The van der Waals surface area contributed by atoms with E-state index < -0.39 is 6.04 Å². The van der Waals surface area contributed by atoms with Gasteiger partial charge in [0.1, 0.15) is 11.9 Å². The Morgan fingerprint density at radius 2 is 2.10 bits per heavy atom. The molecular formula is C15H20N4O2. The highest BCUT2D eigenvalue weighted by atomic mass is 16.2. The van der Waals surface area contributed by atoms with Crippen LogP contribution in [0.15, 0.2) is 24.3 Å². The maximum atomic E-state index is 11.8. The van der Waals surface area contributed by atoms with E-state index in [0.29, 0.717) is 19.4 Å². The fourth-order valence-electron chi connectivity index (χ4n) is 2.06. The monoisotopic (exact) mass is 288 g/mol. The molecule has 0 radical (unpaired) electrons. The number of imidazole rings is 1. The smallest absolute Gasteiger partial charge is 0.242 e. The van der Waals surface area contributed by atoms with E-state index in [9.17, 15) is 9.59 Å². The molecule has 3 N–H and O–H groups in total. The van der Waals surface area contributed by atoms with Gasteiger partial charge in [-0.2, -0.15) is 0 Å². The number of carbonyl (C=O) groups is 2. The predicted octanol–water partition coefficient (Wildman–Crippen LogP) is 1.14. The van der Waals surface area contributed by atoms with Crippen LogP contribution in [-0.4, -0.2) is 34.4 Å². The molecule has 1 aromatic carbocycles. The maximum Gasteiger partial charge on any atom is 0.242 e.